The van der Waals surface area contributed by atoms with Crippen LogP contribution in [0, 0.1) is 6.92 Å². The zero-order valence-electron chi connectivity index (χ0n) is 12.2. The molecule has 0 aromatic heterocycles. The molecular weight excluding hydrogens is 256 g/mol. The summed E-state index contributed by atoms with van der Waals surface area (Å²) >= 11 is 0. The Morgan fingerprint density at radius 2 is 2.05 bits per heavy atom. The summed E-state index contributed by atoms with van der Waals surface area (Å²) in [6, 6.07) is 5.00. The Balaban J connectivity index is 2.42. The average molecular weight is 276 g/mol. The second-order valence-corrected chi connectivity index (χ2v) is 6.13. The molecule has 0 bridgehead atoms. The summed E-state index contributed by atoms with van der Waals surface area (Å²) in [7, 11) is 0. The Hall–Kier alpha value is -2.04. The number of carboxylic acid groups (broad SMARTS) is 1. The summed E-state index contributed by atoms with van der Waals surface area (Å²) < 4.78 is 0. The van der Waals surface area contributed by atoms with Gasteiger partial charge in [-0.1, -0.05) is 12.1 Å². The van der Waals surface area contributed by atoms with Gasteiger partial charge in [-0.2, -0.15) is 0 Å². The van der Waals surface area contributed by atoms with Crippen molar-refractivity contribution in [1.29, 1.82) is 0 Å². The highest BCUT2D eigenvalue weighted by atomic mass is 16.4. The summed E-state index contributed by atoms with van der Waals surface area (Å²) in [4.78, 5) is 25.0. The third-order valence-corrected chi connectivity index (χ3v) is 3.61. The highest BCUT2D eigenvalue weighted by Gasteiger charge is 2.40. The monoisotopic (exact) mass is 276 g/mol. The number of aryl methyl sites for hydroxylation is 1. The number of hydrogen-bond acceptors (Lipinski definition) is 2. The molecule has 1 aliphatic heterocycles. The Labute approximate surface area is 118 Å². The van der Waals surface area contributed by atoms with Crippen molar-refractivity contribution in [1.82, 2.24) is 4.90 Å². The van der Waals surface area contributed by atoms with Crippen LogP contribution in [0.4, 0.5) is 10.5 Å². The molecule has 20 heavy (non-hydrogen) atoms. The van der Waals surface area contributed by atoms with Crippen LogP contribution in [0.5, 0.6) is 0 Å². The predicted octanol–water partition coefficient (Wildman–Crippen LogP) is 2.64. The lowest BCUT2D eigenvalue weighted by molar-refractivity contribution is -0.122. The molecule has 108 valence electrons. The van der Waals surface area contributed by atoms with E-state index >= 15 is 0 Å². The van der Waals surface area contributed by atoms with Gasteiger partial charge >= 0.3 is 6.09 Å². The number of amides is 2. The Morgan fingerprint density at radius 3 is 2.60 bits per heavy atom. The van der Waals surface area contributed by atoms with Crippen molar-refractivity contribution >= 4 is 17.7 Å². The standard InChI is InChI=1S/C15H20N2O3/c1-9-6-5-7-11-10(9)8-12(13(18)16-11)17(14(19)20)15(2,3)4/h5-7,12H,8H2,1-4H3,(H,16,18)(H,19,20). The van der Waals surface area contributed by atoms with Crippen LogP contribution in [-0.2, 0) is 11.2 Å². The molecule has 2 rings (SSSR count). The van der Waals surface area contributed by atoms with Gasteiger partial charge in [0.15, 0.2) is 0 Å². The number of hydrogen-bond donors (Lipinski definition) is 2. The van der Waals surface area contributed by atoms with Gasteiger partial charge in [-0.3, -0.25) is 9.69 Å². The molecule has 1 aromatic rings. The molecule has 5 heteroatoms. The van der Waals surface area contributed by atoms with E-state index in [-0.39, 0.29) is 5.91 Å². The second-order valence-electron chi connectivity index (χ2n) is 6.13. The van der Waals surface area contributed by atoms with Crippen molar-refractivity contribution in [2.45, 2.75) is 45.7 Å². The van der Waals surface area contributed by atoms with E-state index in [4.69, 9.17) is 0 Å². The Kier molecular flexibility index (Phi) is 3.46. The van der Waals surface area contributed by atoms with Gasteiger partial charge in [0.25, 0.3) is 0 Å². The number of fused-ring (bicyclic) bond motifs is 1. The number of nitrogens with one attached hydrogen (secondary N) is 1. The zero-order valence-corrected chi connectivity index (χ0v) is 12.2. The van der Waals surface area contributed by atoms with E-state index in [1.54, 1.807) is 20.8 Å². The third-order valence-electron chi connectivity index (χ3n) is 3.61. The van der Waals surface area contributed by atoms with E-state index in [9.17, 15) is 14.7 Å². The lowest BCUT2D eigenvalue weighted by atomic mass is 9.91. The number of benzene rings is 1. The average Bonchev–Trinajstić information content (AvgIpc) is 2.28. The van der Waals surface area contributed by atoms with E-state index in [0.717, 1.165) is 16.8 Å². The molecule has 1 aromatic carbocycles. The van der Waals surface area contributed by atoms with Crippen molar-refractivity contribution < 1.29 is 14.7 Å². The van der Waals surface area contributed by atoms with Crippen molar-refractivity contribution in [3.05, 3.63) is 29.3 Å². The van der Waals surface area contributed by atoms with Crippen molar-refractivity contribution in [2.24, 2.45) is 0 Å². The van der Waals surface area contributed by atoms with Crippen LogP contribution in [0.25, 0.3) is 0 Å². The molecule has 1 aliphatic rings. The molecule has 2 N–H and O–H groups in total. The van der Waals surface area contributed by atoms with Gasteiger partial charge in [-0.15, -0.1) is 0 Å². The van der Waals surface area contributed by atoms with E-state index in [1.165, 1.54) is 4.90 Å². The maximum atomic E-state index is 12.2. The fraction of sp³-hybridized carbons (Fsp3) is 0.467. The van der Waals surface area contributed by atoms with Crippen LogP contribution < -0.4 is 5.32 Å². The van der Waals surface area contributed by atoms with Gasteiger partial charge in [-0.05, 0) is 44.9 Å². The van der Waals surface area contributed by atoms with Gasteiger partial charge in [0.1, 0.15) is 6.04 Å². The third kappa shape index (κ3) is 2.48. The first-order chi connectivity index (χ1) is 9.21. The molecule has 0 spiro atoms. The number of rotatable bonds is 1. The molecule has 0 saturated carbocycles. The van der Waals surface area contributed by atoms with Crippen molar-refractivity contribution in [3.63, 3.8) is 0 Å². The number of nitrogens with zero attached hydrogens (tertiary/aromatic N) is 1. The molecule has 0 fully saturated rings. The van der Waals surface area contributed by atoms with Crippen LogP contribution in [0.15, 0.2) is 18.2 Å². The van der Waals surface area contributed by atoms with Gasteiger partial charge in [0.05, 0.1) is 0 Å². The summed E-state index contributed by atoms with van der Waals surface area (Å²) in [6.45, 7) is 7.35. The van der Waals surface area contributed by atoms with E-state index in [1.807, 2.05) is 25.1 Å². The normalized spacial score (nSPS) is 18.2. The molecule has 0 aliphatic carbocycles. The molecule has 0 saturated heterocycles. The van der Waals surface area contributed by atoms with Crippen LogP contribution in [0.1, 0.15) is 31.9 Å². The fourth-order valence-corrected chi connectivity index (χ4v) is 2.69. The van der Waals surface area contributed by atoms with Crippen LogP contribution >= 0.6 is 0 Å². The van der Waals surface area contributed by atoms with Gasteiger partial charge in [0, 0.05) is 17.6 Å². The number of carbonyl (C=O) groups is 2. The Bertz CT molecular complexity index is 561. The first-order valence-electron chi connectivity index (χ1n) is 6.63. The fourth-order valence-electron chi connectivity index (χ4n) is 2.69. The summed E-state index contributed by atoms with van der Waals surface area (Å²) in [5.74, 6) is -0.263. The molecule has 1 heterocycles. The predicted molar refractivity (Wildman–Crippen MR) is 76.9 cm³/mol. The summed E-state index contributed by atoms with van der Waals surface area (Å²) in [5, 5.41) is 12.3. The minimum Gasteiger partial charge on any atom is -0.465 e. The molecular formula is C15H20N2O3. The van der Waals surface area contributed by atoms with E-state index < -0.39 is 17.7 Å². The van der Waals surface area contributed by atoms with E-state index in [0.29, 0.717) is 6.42 Å². The quantitative estimate of drug-likeness (QED) is 0.828. The lowest BCUT2D eigenvalue weighted by Crippen LogP contribution is -2.57. The van der Waals surface area contributed by atoms with Gasteiger partial charge in [-0.25, -0.2) is 4.79 Å². The first-order valence-corrected chi connectivity index (χ1v) is 6.63. The SMILES string of the molecule is Cc1cccc2c1CC(N(C(=O)O)C(C)(C)C)C(=O)N2. The van der Waals surface area contributed by atoms with Crippen LogP contribution in [-0.4, -0.2) is 33.6 Å². The molecule has 5 nitrogen and oxygen atoms in total. The summed E-state index contributed by atoms with van der Waals surface area (Å²) in [6.07, 6.45) is -0.660. The maximum Gasteiger partial charge on any atom is 0.408 e. The zero-order chi connectivity index (χ0) is 15.1. The van der Waals surface area contributed by atoms with Crippen molar-refractivity contribution in [2.75, 3.05) is 5.32 Å². The number of anilines is 1. The lowest BCUT2D eigenvalue weighted by Gasteiger charge is -2.41. The van der Waals surface area contributed by atoms with E-state index in [2.05, 4.69) is 5.32 Å². The molecule has 1 unspecified atom stereocenters. The smallest absolute Gasteiger partial charge is 0.408 e. The highest BCUT2D eigenvalue weighted by Crippen LogP contribution is 2.30. The summed E-state index contributed by atoms with van der Waals surface area (Å²) in [5.41, 5.74) is 2.22. The van der Waals surface area contributed by atoms with Crippen molar-refractivity contribution in [3.8, 4) is 0 Å². The topological polar surface area (TPSA) is 69.6 Å². The second kappa shape index (κ2) is 4.81. The highest BCUT2D eigenvalue weighted by molar-refractivity contribution is 5.99. The maximum absolute atomic E-state index is 12.2. The molecule has 0 radical (unpaired) electrons. The molecule has 2 amide bonds. The molecule has 1 atom stereocenters. The minimum atomic E-state index is -1.07. The largest absolute Gasteiger partial charge is 0.465 e. The van der Waals surface area contributed by atoms with Gasteiger partial charge in [0.2, 0.25) is 5.91 Å². The first kappa shape index (κ1) is 14.4. The Morgan fingerprint density at radius 1 is 1.40 bits per heavy atom. The van der Waals surface area contributed by atoms with Crippen LogP contribution in [0.3, 0.4) is 0 Å². The number of carbonyl (C=O) groups excluding carboxylic acids is 1. The van der Waals surface area contributed by atoms with Crippen LogP contribution in [0.2, 0.25) is 0 Å². The minimum absolute atomic E-state index is 0.263. The van der Waals surface area contributed by atoms with Gasteiger partial charge < -0.3 is 10.4 Å².